The molecule has 0 aliphatic rings. The fraction of sp³-hybridized carbons (Fsp3) is 0.526. The van der Waals surface area contributed by atoms with Crippen LogP contribution in [0.25, 0.3) is 10.9 Å². The van der Waals surface area contributed by atoms with Crippen LogP contribution in [0, 0.1) is 0 Å². The fourth-order valence-corrected chi connectivity index (χ4v) is 2.80. The summed E-state index contributed by atoms with van der Waals surface area (Å²) >= 11 is 0. The zero-order chi connectivity index (χ0) is 18.4. The summed E-state index contributed by atoms with van der Waals surface area (Å²) in [6.45, 7) is 4.78. The van der Waals surface area contributed by atoms with E-state index in [1.165, 1.54) is 0 Å². The predicted molar refractivity (Wildman–Crippen MR) is 98.6 cm³/mol. The number of rotatable bonds is 8. The molecule has 1 atom stereocenters. The number of nitrogens with zero attached hydrogens (tertiary/aromatic N) is 3. The zero-order valence-electron chi connectivity index (χ0n) is 15.5. The van der Waals surface area contributed by atoms with Crippen LogP contribution in [0.15, 0.2) is 29.1 Å². The second-order valence-corrected chi connectivity index (χ2v) is 6.22. The van der Waals surface area contributed by atoms with Gasteiger partial charge in [0.15, 0.2) is 0 Å². The van der Waals surface area contributed by atoms with E-state index in [0.717, 1.165) is 12.8 Å². The lowest BCUT2D eigenvalue weighted by atomic mass is 10.2. The minimum atomic E-state index is -0.293. The van der Waals surface area contributed by atoms with Crippen LogP contribution in [0.5, 0.6) is 0 Å². The molecule has 0 N–H and O–H groups in total. The first-order chi connectivity index (χ1) is 12.0. The van der Waals surface area contributed by atoms with Gasteiger partial charge in [-0.2, -0.15) is 0 Å². The van der Waals surface area contributed by atoms with Crippen molar-refractivity contribution >= 4 is 16.8 Å². The molecule has 2 rings (SSSR count). The maximum Gasteiger partial charge on any atom is 0.261 e. The molecule has 0 aliphatic carbocycles. The Balaban J connectivity index is 2.46. The standard InChI is InChI=1S/C19H27N3O3/c1-5-6-11-17(23)21(3)14(2)18-20-16-10-8-7-9-15(16)19(24)22(18)12-13-25-4/h7-10,14H,5-6,11-13H2,1-4H3. The number of carbonyl (C=O) groups excluding carboxylic acids is 1. The van der Waals surface area contributed by atoms with Gasteiger partial charge in [-0.15, -0.1) is 0 Å². The van der Waals surface area contributed by atoms with Crippen molar-refractivity contribution in [1.29, 1.82) is 0 Å². The number of para-hydroxylation sites is 1. The third-order valence-electron chi connectivity index (χ3n) is 4.50. The summed E-state index contributed by atoms with van der Waals surface area (Å²) in [7, 11) is 3.37. The zero-order valence-corrected chi connectivity index (χ0v) is 15.5. The van der Waals surface area contributed by atoms with Gasteiger partial charge < -0.3 is 9.64 Å². The number of aromatic nitrogens is 2. The van der Waals surface area contributed by atoms with Crippen LogP contribution in [0.2, 0.25) is 0 Å². The Kier molecular flexibility index (Phi) is 6.70. The second kappa shape index (κ2) is 8.76. The van der Waals surface area contributed by atoms with Crippen LogP contribution in [0.1, 0.15) is 45.0 Å². The first-order valence-corrected chi connectivity index (χ1v) is 8.75. The summed E-state index contributed by atoms with van der Waals surface area (Å²) in [6.07, 6.45) is 2.34. The van der Waals surface area contributed by atoms with Crippen molar-refractivity contribution in [3.63, 3.8) is 0 Å². The SMILES string of the molecule is CCCCC(=O)N(C)C(C)c1nc2ccccc2c(=O)n1CCOC. The summed E-state index contributed by atoms with van der Waals surface area (Å²) in [5.41, 5.74) is 0.552. The van der Waals surface area contributed by atoms with Gasteiger partial charge >= 0.3 is 0 Å². The number of benzene rings is 1. The van der Waals surface area contributed by atoms with Crippen molar-refractivity contribution in [2.24, 2.45) is 0 Å². The van der Waals surface area contributed by atoms with E-state index in [1.54, 1.807) is 29.7 Å². The van der Waals surface area contributed by atoms with Gasteiger partial charge in [0.05, 0.1) is 30.1 Å². The van der Waals surface area contributed by atoms with Gasteiger partial charge in [-0.05, 0) is 25.5 Å². The van der Waals surface area contributed by atoms with E-state index in [4.69, 9.17) is 4.74 Å². The molecule has 6 nitrogen and oxygen atoms in total. The average Bonchev–Trinajstić information content (AvgIpc) is 2.64. The molecule has 1 amide bonds. The molecular formula is C19H27N3O3. The van der Waals surface area contributed by atoms with Crippen molar-refractivity contribution in [3.05, 3.63) is 40.4 Å². The monoisotopic (exact) mass is 345 g/mol. The summed E-state index contributed by atoms with van der Waals surface area (Å²) in [5, 5.41) is 0.578. The second-order valence-electron chi connectivity index (χ2n) is 6.22. The lowest BCUT2D eigenvalue weighted by Gasteiger charge is -2.27. The number of ether oxygens (including phenoxy) is 1. The smallest absolute Gasteiger partial charge is 0.261 e. The van der Waals surface area contributed by atoms with Gasteiger partial charge in [0.2, 0.25) is 5.91 Å². The summed E-state index contributed by atoms with van der Waals surface area (Å²) in [4.78, 5) is 31.6. The first-order valence-electron chi connectivity index (χ1n) is 8.75. The van der Waals surface area contributed by atoms with E-state index >= 15 is 0 Å². The Bertz CT molecular complexity index is 785. The maximum atomic E-state index is 12.9. The minimum Gasteiger partial charge on any atom is -0.383 e. The fourth-order valence-electron chi connectivity index (χ4n) is 2.80. The van der Waals surface area contributed by atoms with Gasteiger partial charge in [0.25, 0.3) is 5.56 Å². The molecule has 1 aromatic carbocycles. The summed E-state index contributed by atoms with van der Waals surface area (Å²) in [5.74, 6) is 0.656. The molecule has 2 aromatic rings. The first kappa shape index (κ1) is 19.1. The lowest BCUT2D eigenvalue weighted by molar-refractivity contribution is -0.132. The Labute approximate surface area is 148 Å². The van der Waals surface area contributed by atoms with E-state index < -0.39 is 0 Å². The molecule has 1 unspecified atom stereocenters. The molecule has 0 fully saturated rings. The lowest BCUT2D eigenvalue weighted by Crippen LogP contribution is -2.35. The molecular weight excluding hydrogens is 318 g/mol. The molecule has 0 saturated heterocycles. The van der Waals surface area contributed by atoms with Gasteiger partial charge in [-0.25, -0.2) is 4.98 Å². The average molecular weight is 345 g/mol. The number of fused-ring (bicyclic) bond motifs is 1. The van der Waals surface area contributed by atoms with Crippen molar-refractivity contribution < 1.29 is 9.53 Å². The normalized spacial score (nSPS) is 12.3. The van der Waals surface area contributed by atoms with Gasteiger partial charge in [-0.1, -0.05) is 25.5 Å². The highest BCUT2D eigenvalue weighted by atomic mass is 16.5. The van der Waals surface area contributed by atoms with Crippen molar-refractivity contribution in [1.82, 2.24) is 14.5 Å². The number of carbonyl (C=O) groups is 1. The van der Waals surface area contributed by atoms with Crippen LogP contribution >= 0.6 is 0 Å². The highest BCUT2D eigenvalue weighted by Crippen LogP contribution is 2.20. The Morgan fingerprint density at radius 3 is 2.76 bits per heavy atom. The Hall–Kier alpha value is -2.21. The van der Waals surface area contributed by atoms with Gasteiger partial charge in [0.1, 0.15) is 5.82 Å². The number of hydrogen-bond acceptors (Lipinski definition) is 4. The molecule has 0 saturated carbocycles. The van der Waals surface area contributed by atoms with E-state index in [9.17, 15) is 9.59 Å². The molecule has 1 aromatic heterocycles. The molecule has 1 heterocycles. The number of hydrogen-bond donors (Lipinski definition) is 0. The third-order valence-corrected chi connectivity index (χ3v) is 4.50. The van der Waals surface area contributed by atoms with Crippen LogP contribution < -0.4 is 5.56 Å². The highest BCUT2D eigenvalue weighted by Gasteiger charge is 2.22. The third kappa shape index (κ3) is 4.25. The molecule has 0 spiro atoms. The van der Waals surface area contributed by atoms with E-state index in [2.05, 4.69) is 11.9 Å². The molecule has 136 valence electrons. The van der Waals surface area contributed by atoms with Crippen LogP contribution in [-0.2, 0) is 16.1 Å². The summed E-state index contributed by atoms with van der Waals surface area (Å²) < 4.78 is 6.77. The van der Waals surface area contributed by atoms with Crippen molar-refractivity contribution in [3.8, 4) is 0 Å². The molecule has 0 bridgehead atoms. The Morgan fingerprint density at radius 2 is 2.08 bits per heavy atom. The maximum absolute atomic E-state index is 12.9. The quantitative estimate of drug-likeness (QED) is 0.738. The molecule has 0 aliphatic heterocycles. The van der Waals surface area contributed by atoms with Crippen molar-refractivity contribution in [2.75, 3.05) is 20.8 Å². The number of amides is 1. The van der Waals surface area contributed by atoms with E-state index in [0.29, 0.717) is 36.3 Å². The van der Waals surface area contributed by atoms with Crippen molar-refractivity contribution in [2.45, 2.75) is 45.7 Å². The van der Waals surface area contributed by atoms with Crippen LogP contribution in [-0.4, -0.2) is 41.1 Å². The van der Waals surface area contributed by atoms with Gasteiger partial charge in [-0.3, -0.25) is 14.2 Å². The summed E-state index contributed by atoms with van der Waals surface area (Å²) in [6, 6.07) is 7.00. The van der Waals surface area contributed by atoms with Crippen LogP contribution in [0.4, 0.5) is 0 Å². The van der Waals surface area contributed by atoms with E-state index in [1.807, 2.05) is 25.1 Å². The van der Waals surface area contributed by atoms with Crippen LogP contribution in [0.3, 0.4) is 0 Å². The largest absolute Gasteiger partial charge is 0.383 e. The highest BCUT2D eigenvalue weighted by molar-refractivity contribution is 5.78. The van der Waals surface area contributed by atoms with E-state index in [-0.39, 0.29) is 17.5 Å². The molecule has 0 radical (unpaired) electrons. The topological polar surface area (TPSA) is 64.4 Å². The minimum absolute atomic E-state index is 0.0649. The molecule has 6 heteroatoms. The molecule has 25 heavy (non-hydrogen) atoms. The Morgan fingerprint density at radius 1 is 1.36 bits per heavy atom. The predicted octanol–water partition coefficient (Wildman–Crippen LogP) is 2.75. The number of methoxy groups -OCH3 is 1. The van der Waals surface area contributed by atoms with Gasteiger partial charge in [0, 0.05) is 20.6 Å². The number of unbranched alkanes of at least 4 members (excludes halogenated alkanes) is 1.